The Labute approximate surface area is 376 Å². The van der Waals surface area contributed by atoms with Crippen molar-refractivity contribution in [3.05, 3.63) is 227 Å². The summed E-state index contributed by atoms with van der Waals surface area (Å²) in [7, 11) is 2.23. The molecule has 0 aliphatic rings. The number of nitrogens with zero attached hydrogens (tertiary/aromatic N) is 2. The normalized spacial score (nSPS) is 13.6. The van der Waals surface area contributed by atoms with E-state index in [1.807, 2.05) is 0 Å². The van der Waals surface area contributed by atoms with Crippen molar-refractivity contribution in [3.63, 3.8) is 0 Å². The van der Waals surface area contributed by atoms with Gasteiger partial charge in [-0.2, -0.15) is 0 Å². The first-order chi connectivity index (χ1) is 31.1. The zero-order valence-corrected chi connectivity index (χ0v) is 36.9. The average molecular weight is 926 g/mol. The first-order valence-electron chi connectivity index (χ1n) is 21.6. The second-order valence-electron chi connectivity index (χ2n) is 16.6. The summed E-state index contributed by atoms with van der Waals surface area (Å²) in [6.07, 6.45) is -0.324. The van der Waals surface area contributed by atoms with E-state index < -0.39 is 21.5 Å². The molecule has 2 aromatic heterocycles. The van der Waals surface area contributed by atoms with E-state index in [-0.39, 0.29) is 12.3 Å². The van der Waals surface area contributed by atoms with Gasteiger partial charge < -0.3 is 4.57 Å². The molecule has 0 radical (unpaired) electrons. The molecule has 0 saturated carbocycles. The molecule has 0 saturated heterocycles. The summed E-state index contributed by atoms with van der Waals surface area (Å²) in [5, 5.41) is 12.3. The molecule has 3 unspecified atom stereocenters. The summed E-state index contributed by atoms with van der Waals surface area (Å²) in [6, 6.07) is 77.5. The summed E-state index contributed by atoms with van der Waals surface area (Å²) in [6.45, 7) is 0. The van der Waals surface area contributed by atoms with Gasteiger partial charge in [-0.3, -0.25) is 0 Å². The van der Waals surface area contributed by atoms with Crippen LogP contribution in [-0.2, 0) is 0 Å². The van der Waals surface area contributed by atoms with Gasteiger partial charge >= 0.3 is 268 Å². The van der Waals surface area contributed by atoms with E-state index in [0.29, 0.717) is 0 Å². The molecule has 2 heterocycles. The molecule has 12 aromatic rings. The number of halogens is 1. The molecule has 0 spiro atoms. The third-order valence-corrected chi connectivity index (χ3v) is 15.5. The summed E-state index contributed by atoms with van der Waals surface area (Å²) in [5.41, 5.74) is 16.9. The predicted molar refractivity (Wildman–Crippen MR) is 259 cm³/mol. The van der Waals surface area contributed by atoms with Crippen molar-refractivity contribution in [3.8, 4) is 11.4 Å². The molecule has 5 nitrogen and oxygen atoms in total. The Hall–Kier alpha value is -6.81. The van der Waals surface area contributed by atoms with Gasteiger partial charge in [-0.1, -0.05) is 60.7 Å². The van der Waals surface area contributed by atoms with Crippen LogP contribution in [0.5, 0.6) is 0 Å². The van der Waals surface area contributed by atoms with Gasteiger partial charge in [0.05, 0.1) is 11.0 Å². The summed E-state index contributed by atoms with van der Waals surface area (Å²) in [5.74, 6) is 0. The Balaban J connectivity index is 0.997. The quantitative estimate of drug-likeness (QED) is 0.0770. The summed E-state index contributed by atoms with van der Waals surface area (Å²) >= 11 is -0.549. The number of para-hydroxylation sites is 2. The molecule has 0 fully saturated rings. The van der Waals surface area contributed by atoms with Crippen LogP contribution in [-0.4, -0.2) is 16.2 Å². The fourth-order valence-electron chi connectivity index (χ4n) is 9.93. The first-order valence-corrected chi connectivity index (χ1v) is 23.7. The Morgan fingerprint density at radius 3 is 1.76 bits per heavy atom. The molecule has 3 atom stereocenters. The number of nitrogens with one attached hydrogen (secondary N) is 2. The maximum absolute atomic E-state index is 7.48. The van der Waals surface area contributed by atoms with Crippen LogP contribution in [0, 0.1) is 3.57 Å². The molecule has 0 bridgehead atoms. The Bertz CT molecular complexity index is 3640. The number of fused-ring (bicyclic) bond motifs is 9. The van der Waals surface area contributed by atoms with Gasteiger partial charge in [0.2, 0.25) is 0 Å². The van der Waals surface area contributed by atoms with Crippen molar-refractivity contribution in [2.24, 2.45) is 5.73 Å². The molecular formula is C57H44IN5. The van der Waals surface area contributed by atoms with Crippen LogP contribution in [0.15, 0.2) is 212 Å². The predicted octanol–water partition coefficient (Wildman–Crippen LogP) is 8.97. The van der Waals surface area contributed by atoms with Crippen molar-refractivity contribution < 1.29 is 26.4 Å². The Morgan fingerprint density at radius 2 is 1.02 bits per heavy atom. The van der Waals surface area contributed by atoms with Gasteiger partial charge in [0.25, 0.3) is 0 Å². The van der Waals surface area contributed by atoms with E-state index in [1.165, 1.54) is 84.6 Å². The van der Waals surface area contributed by atoms with Crippen LogP contribution in [0.3, 0.4) is 0 Å². The number of rotatable bonds is 9. The SMILES string of the molecule is C[NH+](C(N)c1ccc(-n2c3ccc(-n4c5ccccc5c5ccccc54)cc3c3cc4ccccc4cc32)c2ccccc12)C(N[I-]c1cccc2ccccc12)c1ccccc1. The van der Waals surface area contributed by atoms with Gasteiger partial charge in [-0.05, 0) is 17.5 Å². The second kappa shape index (κ2) is 15.5. The van der Waals surface area contributed by atoms with Crippen LogP contribution in [0.4, 0.5) is 0 Å². The van der Waals surface area contributed by atoms with Crippen molar-refractivity contribution in [1.29, 1.82) is 0 Å². The molecule has 4 N–H and O–H groups in total. The van der Waals surface area contributed by atoms with Crippen LogP contribution in [0.25, 0.3) is 87.3 Å². The standard InChI is InChI=1S/C57H43IN5/c1-61(57(38-17-3-2-4-18-38)60-58-50-27-15-21-37-16-7-8-22-42(37)50)56(59)47-31-33-53(44-24-10-9-23-43(44)47)63-54-32-30-41(36-49(54)48-34-39-19-5-6-20-40(39)35-55(48)63)62-51-28-13-11-25-45(51)46-26-12-14-29-52(46)62/h2-36,56-57,60H,59H2,1H3/q-1/p+1. The number of quaternary nitrogens is 1. The van der Waals surface area contributed by atoms with Crippen LogP contribution < -0.4 is 35.6 Å². The first kappa shape index (κ1) is 37.9. The fraction of sp³-hybridized carbons (Fsp3) is 0.0526. The maximum atomic E-state index is 7.48. The monoisotopic (exact) mass is 925 g/mol. The molecule has 0 aliphatic heterocycles. The third-order valence-electron chi connectivity index (χ3n) is 13.0. The molecule has 10 aromatic carbocycles. The Kier molecular flexibility index (Phi) is 9.34. The second-order valence-corrected chi connectivity index (χ2v) is 18.9. The van der Waals surface area contributed by atoms with Crippen molar-refractivity contribution in [2.75, 3.05) is 7.05 Å². The third kappa shape index (κ3) is 6.32. The summed E-state index contributed by atoms with van der Waals surface area (Å²) in [4.78, 5) is 1.19. The zero-order chi connectivity index (χ0) is 42.0. The van der Waals surface area contributed by atoms with Crippen LogP contribution in [0.1, 0.15) is 23.5 Å². The van der Waals surface area contributed by atoms with Crippen LogP contribution in [0.2, 0.25) is 0 Å². The van der Waals surface area contributed by atoms with Gasteiger partial charge in [0.15, 0.2) is 0 Å². The number of nitrogens with two attached hydrogens (primary N) is 1. The van der Waals surface area contributed by atoms with E-state index in [1.54, 1.807) is 0 Å². The van der Waals surface area contributed by atoms with Gasteiger partial charge in [-0.15, -0.1) is 0 Å². The molecule has 0 aliphatic carbocycles. The van der Waals surface area contributed by atoms with Crippen molar-refractivity contribution in [1.82, 2.24) is 12.7 Å². The molecule has 12 rings (SSSR count). The van der Waals surface area contributed by atoms with E-state index in [2.05, 4.69) is 232 Å². The zero-order valence-electron chi connectivity index (χ0n) is 34.7. The average Bonchev–Trinajstić information content (AvgIpc) is 3.84. The molecular weight excluding hydrogens is 882 g/mol. The fourth-order valence-corrected chi connectivity index (χ4v) is 12.6. The van der Waals surface area contributed by atoms with E-state index in [9.17, 15) is 0 Å². The van der Waals surface area contributed by atoms with Crippen molar-refractivity contribution >= 4 is 75.9 Å². The molecule has 63 heavy (non-hydrogen) atoms. The van der Waals surface area contributed by atoms with Crippen LogP contribution >= 0.6 is 0 Å². The van der Waals surface area contributed by atoms with E-state index in [4.69, 9.17) is 5.73 Å². The minimum absolute atomic E-state index is 0.0132. The van der Waals surface area contributed by atoms with E-state index >= 15 is 0 Å². The number of hydrogen-bond donors (Lipinski definition) is 3. The van der Waals surface area contributed by atoms with E-state index in [0.717, 1.165) is 22.3 Å². The Morgan fingerprint density at radius 1 is 0.444 bits per heavy atom. The van der Waals surface area contributed by atoms with Crippen molar-refractivity contribution in [2.45, 2.75) is 12.3 Å². The molecule has 304 valence electrons. The minimum atomic E-state index is -0.549. The number of hydrogen-bond acceptors (Lipinski definition) is 2. The summed E-state index contributed by atoms with van der Waals surface area (Å²) < 4.78 is 10.3. The van der Waals surface area contributed by atoms with Gasteiger partial charge in [0.1, 0.15) is 0 Å². The molecule has 6 heteroatoms. The number of aromatic nitrogens is 2. The van der Waals surface area contributed by atoms with Gasteiger partial charge in [0, 0.05) is 16.5 Å². The number of benzene rings is 10. The topological polar surface area (TPSA) is 52.4 Å². The van der Waals surface area contributed by atoms with Gasteiger partial charge in [-0.25, -0.2) is 0 Å². The molecule has 0 amide bonds.